The second-order valence-electron chi connectivity index (χ2n) is 6.80. The highest BCUT2D eigenvalue weighted by Crippen LogP contribution is 2.38. The number of nitrogens with zero attached hydrogens (tertiary/aromatic N) is 1. The van der Waals surface area contributed by atoms with Crippen LogP contribution >= 0.6 is 12.4 Å². The predicted molar refractivity (Wildman–Crippen MR) is 117 cm³/mol. The molecule has 0 spiro atoms. The van der Waals surface area contributed by atoms with Gasteiger partial charge in [0, 0.05) is 24.5 Å². The summed E-state index contributed by atoms with van der Waals surface area (Å²) < 4.78 is 32.9. The van der Waals surface area contributed by atoms with Gasteiger partial charge in [-0.2, -0.15) is 0 Å². The molecule has 0 radical (unpaired) electrons. The summed E-state index contributed by atoms with van der Waals surface area (Å²) in [6.45, 7) is 5.68. The maximum absolute atomic E-state index is 13.9. The summed E-state index contributed by atoms with van der Waals surface area (Å²) in [5.41, 5.74) is 4.14. The monoisotopic (exact) mass is 432 g/mol. The van der Waals surface area contributed by atoms with Crippen LogP contribution in [0, 0.1) is 5.82 Å². The van der Waals surface area contributed by atoms with E-state index < -0.39 is 0 Å². The zero-order chi connectivity index (χ0) is 20.4. The Hall–Kier alpha value is -2.70. The summed E-state index contributed by atoms with van der Waals surface area (Å²) in [6.07, 6.45) is 2.03. The largest absolute Gasteiger partial charge is 0.494 e. The molecule has 7 heteroatoms. The van der Waals surface area contributed by atoms with Gasteiger partial charge in [0.05, 0.1) is 32.1 Å². The third kappa shape index (κ3) is 3.98. The standard InChI is InChI=1S/C23H25FN2O3.ClH/c1-4-28-21-12-16-14-25-23(15-8-9-17(24)20(11-15)27-3)18-7-6-10-26(18)19(16)13-22(21)29-5-2;/h6-13,23,25H,4-5,14H2,1-3H3;1H. The fraction of sp³-hybridized carbons (Fsp3) is 0.304. The Labute approximate surface area is 182 Å². The van der Waals surface area contributed by atoms with Crippen LogP contribution in [0.5, 0.6) is 17.2 Å². The van der Waals surface area contributed by atoms with Gasteiger partial charge in [-0.15, -0.1) is 12.4 Å². The van der Waals surface area contributed by atoms with Crippen LogP contribution in [0.25, 0.3) is 5.69 Å². The van der Waals surface area contributed by atoms with Crippen molar-refractivity contribution in [3.63, 3.8) is 0 Å². The van der Waals surface area contributed by atoms with E-state index in [1.54, 1.807) is 12.1 Å². The van der Waals surface area contributed by atoms with E-state index in [0.717, 1.165) is 34.0 Å². The average molecular weight is 433 g/mol. The van der Waals surface area contributed by atoms with Crippen LogP contribution in [-0.4, -0.2) is 24.9 Å². The van der Waals surface area contributed by atoms with E-state index in [0.29, 0.717) is 19.8 Å². The second-order valence-corrected chi connectivity index (χ2v) is 6.80. The van der Waals surface area contributed by atoms with Gasteiger partial charge >= 0.3 is 0 Å². The lowest BCUT2D eigenvalue weighted by Gasteiger charge is -2.19. The zero-order valence-corrected chi connectivity index (χ0v) is 18.1. The minimum atomic E-state index is -0.369. The molecule has 0 saturated carbocycles. The van der Waals surface area contributed by atoms with E-state index in [9.17, 15) is 4.39 Å². The Kier molecular flexibility index (Phi) is 6.90. The van der Waals surface area contributed by atoms with Gasteiger partial charge in [0.1, 0.15) is 0 Å². The number of benzene rings is 2. The molecule has 5 nitrogen and oxygen atoms in total. The minimum absolute atomic E-state index is 0. The summed E-state index contributed by atoms with van der Waals surface area (Å²) in [6, 6.07) is 13.0. The highest BCUT2D eigenvalue weighted by atomic mass is 35.5. The first-order valence-electron chi connectivity index (χ1n) is 9.83. The number of aromatic nitrogens is 1. The molecule has 3 aromatic rings. The first-order valence-corrected chi connectivity index (χ1v) is 9.83. The van der Waals surface area contributed by atoms with Crippen molar-refractivity contribution in [2.45, 2.75) is 26.4 Å². The molecule has 1 aliphatic heterocycles. The summed E-state index contributed by atoms with van der Waals surface area (Å²) in [4.78, 5) is 0. The molecule has 0 fully saturated rings. The van der Waals surface area contributed by atoms with Gasteiger partial charge in [-0.05, 0) is 55.3 Å². The summed E-state index contributed by atoms with van der Waals surface area (Å²) in [5, 5.41) is 3.59. The van der Waals surface area contributed by atoms with Gasteiger partial charge in [0.25, 0.3) is 0 Å². The van der Waals surface area contributed by atoms with Gasteiger partial charge in [0.15, 0.2) is 23.1 Å². The molecule has 0 saturated heterocycles. The number of ether oxygens (including phenoxy) is 3. The number of hydrogen-bond acceptors (Lipinski definition) is 4. The molecule has 0 amide bonds. The first-order chi connectivity index (χ1) is 14.2. The number of fused-ring (bicyclic) bond motifs is 3. The molecule has 2 heterocycles. The Balaban J connectivity index is 0.00000256. The second kappa shape index (κ2) is 9.41. The lowest BCUT2D eigenvalue weighted by Crippen LogP contribution is -2.21. The van der Waals surface area contributed by atoms with Crippen molar-refractivity contribution in [1.29, 1.82) is 0 Å². The van der Waals surface area contributed by atoms with Crippen LogP contribution in [0.15, 0.2) is 48.7 Å². The minimum Gasteiger partial charge on any atom is -0.494 e. The van der Waals surface area contributed by atoms with Crippen molar-refractivity contribution in [2.24, 2.45) is 0 Å². The van der Waals surface area contributed by atoms with E-state index in [1.165, 1.54) is 13.2 Å². The van der Waals surface area contributed by atoms with E-state index >= 15 is 0 Å². The zero-order valence-electron chi connectivity index (χ0n) is 17.3. The molecule has 1 unspecified atom stereocenters. The molecule has 0 aliphatic carbocycles. The van der Waals surface area contributed by atoms with Crippen molar-refractivity contribution < 1.29 is 18.6 Å². The molecular formula is C23H26ClFN2O3. The number of hydrogen-bond donors (Lipinski definition) is 1. The van der Waals surface area contributed by atoms with E-state index in [2.05, 4.69) is 16.0 Å². The lowest BCUT2D eigenvalue weighted by atomic mass is 10.0. The Morgan fingerprint density at radius 1 is 1.03 bits per heavy atom. The molecule has 160 valence electrons. The van der Waals surface area contributed by atoms with E-state index in [1.807, 2.05) is 38.2 Å². The first kappa shape index (κ1) is 22.0. The summed E-state index contributed by atoms with van der Waals surface area (Å²) in [7, 11) is 1.48. The highest BCUT2D eigenvalue weighted by molar-refractivity contribution is 5.85. The molecular weight excluding hydrogens is 407 g/mol. The smallest absolute Gasteiger partial charge is 0.165 e. The van der Waals surface area contributed by atoms with Gasteiger partial charge in [-0.3, -0.25) is 0 Å². The predicted octanol–water partition coefficient (Wildman–Crippen LogP) is 5.04. The van der Waals surface area contributed by atoms with Crippen LogP contribution in [-0.2, 0) is 6.54 Å². The van der Waals surface area contributed by atoms with Crippen LogP contribution in [0.2, 0.25) is 0 Å². The van der Waals surface area contributed by atoms with Crippen molar-refractivity contribution in [3.8, 4) is 22.9 Å². The molecule has 1 N–H and O–H groups in total. The number of nitrogens with one attached hydrogen (secondary N) is 1. The van der Waals surface area contributed by atoms with Crippen LogP contribution in [0.1, 0.15) is 36.7 Å². The molecule has 1 aromatic heterocycles. The fourth-order valence-corrected chi connectivity index (χ4v) is 3.80. The highest BCUT2D eigenvalue weighted by Gasteiger charge is 2.25. The number of halogens is 2. The third-order valence-corrected chi connectivity index (χ3v) is 5.09. The van der Waals surface area contributed by atoms with Gasteiger partial charge < -0.3 is 24.1 Å². The lowest BCUT2D eigenvalue weighted by molar-refractivity contribution is 0.287. The van der Waals surface area contributed by atoms with Gasteiger partial charge in [-0.25, -0.2) is 4.39 Å². The topological polar surface area (TPSA) is 44.7 Å². The van der Waals surface area contributed by atoms with Crippen molar-refractivity contribution in [2.75, 3.05) is 20.3 Å². The summed E-state index contributed by atoms with van der Waals surface area (Å²) >= 11 is 0. The van der Waals surface area contributed by atoms with Gasteiger partial charge in [-0.1, -0.05) is 6.07 Å². The molecule has 0 bridgehead atoms. The van der Waals surface area contributed by atoms with Crippen LogP contribution in [0.4, 0.5) is 4.39 Å². The Bertz CT molecular complexity index is 1020. The van der Waals surface area contributed by atoms with Crippen LogP contribution < -0.4 is 19.5 Å². The fourth-order valence-electron chi connectivity index (χ4n) is 3.80. The Morgan fingerprint density at radius 3 is 2.47 bits per heavy atom. The maximum atomic E-state index is 13.9. The number of methoxy groups -OCH3 is 1. The molecule has 2 aromatic carbocycles. The quantitative estimate of drug-likeness (QED) is 0.593. The van der Waals surface area contributed by atoms with Crippen molar-refractivity contribution in [1.82, 2.24) is 9.88 Å². The Morgan fingerprint density at radius 2 is 1.77 bits per heavy atom. The molecule has 30 heavy (non-hydrogen) atoms. The third-order valence-electron chi connectivity index (χ3n) is 5.09. The normalized spacial score (nSPS) is 14.7. The summed E-state index contributed by atoms with van der Waals surface area (Å²) in [5.74, 6) is 1.34. The van der Waals surface area contributed by atoms with E-state index in [4.69, 9.17) is 14.2 Å². The maximum Gasteiger partial charge on any atom is 0.165 e. The van der Waals surface area contributed by atoms with Crippen LogP contribution in [0.3, 0.4) is 0 Å². The van der Waals surface area contributed by atoms with E-state index in [-0.39, 0.29) is 30.0 Å². The SMILES string of the molecule is CCOc1cc2c(cc1OCC)-n1cccc1C(c1ccc(F)c(OC)c1)NC2.Cl. The van der Waals surface area contributed by atoms with Crippen molar-refractivity contribution >= 4 is 12.4 Å². The van der Waals surface area contributed by atoms with Crippen molar-refractivity contribution in [3.05, 3.63) is 71.3 Å². The molecule has 1 aliphatic rings. The average Bonchev–Trinajstić information content (AvgIpc) is 3.15. The molecule has 1 atom stereocenters. The number of rotatable bonds is 6. The van der Waals surface area contributed by atoms with Gasteiger partial charge in [0.2, 0.25) is 0 Å². The molecule has 4 rings (SSSR count).